The van der Waals surface area contributed by atoms with Crippen LogP contribution < -0.4 is 5.32 Å². The highest BCUT2D eigenvalue weighted by Gasteiger charge is 2.15. The molecule has 0 amide bonds. The van der Waals surface area contributed by atoms with E-state index in [1.165, 1.54) is 0 Å². The molecule has 5 aromatic rings. The average Bonchev–Trinajstić information content (AvgIpc) is 3.22. The number of aromatic amines is 1. The van der Waals surface area contributed by atoms with Gasteiger partial charge in [0, 0.05) is 21.9 Å². The van der Waals surface area contributed by atoms with Gasteiger partial charge >= 0.3 is 0 Å². The molecule has 0 saturated heterocycles. The van der Waals surface area contributed by atoms with Crippen molar-refractivity contribution in [2.75, 3.05) is 5.32 Å². The molecule has 2 aromatic heterocycles. The molecule has 0 spiro atoms. The van der Waals surface area contributed by atoms with Gasteiger partial charge in [0.05, 0.1) is 11.0 Å². The number of benzene rings is 3. The number of fused-ring (bicyclic) bond motifs is 2. The molecule has 2 heterocycles. The summed E-state index contributed by atoms with van der Waals surface area (Å²) in [4.78, 5) is 9.33. The number of para-hydroxylation sites is 2. The number of anilines is 2. The van der Waals surface area contributed by atoms with Crippen LogP contribution in [-0.2, 0) is 13.3 Å². The average molecular weight is 401 g/mol. The first-order valence-corrected chi connectivity index (χ1v) is 9.48. The molecule has 0 aliphatic rings. The van der Waals surface area contributed by atoms with Crippen LogP contribution in [0.5, 0.6) is 0 Å². The van der Waals surface area contributed by atoms with E-state index < -0.39 is 13.3 Å². The Labute approximate surface area is 170 Å². The first-order valence-electron chi connectivity index (χ1n) is 9.48. The molecule has 2 N–H and O–H groups in total. The third-order valence-corrected chi connectivity index (χ3v) is 5.07. The fourth-order valence-corrected chi connectivity index (χ4v) is 3.57. The van der Waals surface area contributed by atoms with Crippen LogP contribution >= 0.6 is 0 Å². The number of hydrogen-bond donors (Lipinski definition) is 2. The molecule has 0 fully saturated rings. The molecule has 0 unspecified atom stereocenters. The van der Waals surface area contributed by atoms with Gasteiger partial charge in [0.15, 0.2) is 11.6 Å². The van der Waals surface area contributed by atoms with Crippen LogP contribution in [0.2, 0.25) is 0 Å². The van der Waals surface area contributed by atoms with E-state index >= 15 is 0 Å². The summed E-state index contributed by atoms with van der Waals surface area (Å²) in [5.74, 6) is 1.51. The van der Waals surface area contributed by atoms with Gasteiger partial charge in [0.25, 0.3) is 0 Å². The summed E-state index contributed by atoms with van der Waals surface area (Å²) in [6.07, 6.45) is 0. The predicted octanol–water partition coefficient (Wildman–Crippen LogP) is 5.86. The van der Waals surface area contributed by atoms with Crippen molar-refractivity contribution in [2.24, 2.45) is 0 Å². The molecule has 7 heteroatoms. The molecular formula is C23H17F2N5. The molecule has 0 aliphatic carbocycles. The molecular weight excluding hydrogens is 384 g/mol. The molecule has 30 heavy (non-hydrogen) atoms. The second-order valence-corrected chi connectivity index (χ2v) is 6.87. The van der Waals surface area contributed by atoms with Crippen molar-refractivity contribution >= 4 is 33.4 Å². The fraction of sp³-hybridized carbons (Fsp3) is 0.0870. The van der Waals surface area contributed by atoms with Crippen molar-refractivity contribution in [1.82, 2.24) is 20.2 Å². The summed E-state index contributed by atoms with van der Waals surface area (Å²) in [5.41, 5.74) is 3.07. The minimum Gasteiger partial charge on any atom is -0.322 e. The summed E-state index contributed by atoms with van der Waals surface area (Å²) in [6, 6.07) is 20.1. The van der Waals surface area contributed by atoms with E-state index in [-0.39, 0.29) is 0 Å². The van der Waals surface area contributed by atoms with Gasteiger partial charge in [-0.3, -0.25) is 5.10 Å². The second-order valence-electron chi connectivity index (χ2n) is 6.87. The molecule has 0 saturated carbocycles. The Kier molecular flexibility index (Phi) is 4.55. The van der Waals surface area contributed by atoms with Gasteiger partial charge in [0.1, 0.15) is 19.2 Å². The Bertz CT molecular complexity index is 1360. The number of rotatable bonds is 5. The third-order valence-electron chi connectivity index (χ3n) is 5.07. The Balaban J connectivity index is 1.68. The third kappa shape index (κ3) is 3.04. The number of aromatic nitrogens is 4. The fourth-order valence-electron chi connectivity index (χ4n) is 3.57. The minimum absolute atomic E-state index is 0.425. The molecule has 0 aliphatic heterocycles. The Morgan fingerprint density at radius 2 is 1.47 bits per heavy atom. The molecule has 0 bridgehead atoms. The standard InChI is InChI=1S/C23H17F2N5/c24-12-14-6-1-2-8-16(14)21-26-19-11-4-3-9-17(19)22(27-21)28-23-18-10-5-7-15(13-25)20(18)29-30-23/h1-11H,12-13H2,(H2,26,27,28,29,30). The lowest BCUT2D eigenvalue weighted by Gasteiger charge is -2.11. The molecule has 5 nitrogen and oxygen atoms in total. The number of nitrogens with zero attached hydrogens (tertiary/aromatic N) is 3. The highest BCUT2D eigenvalue weighted by atomic mass is 19.1. The summed E-state index contributed by atoms with van der Waals surface area (Å²) < 4.78 is 26.8. The van der Waals surface area contributed by atoms with Gasteiger partial charge in [-0.25, -0.2) is 18.7 Å². The topological polar surface area (TPSA) is 66.5 Å². The van der Waals surface area contributed by atoms with Crippen molar-refractivity contribution in [3.8, 4) is 11.4 Å². The maximum atomic E-state index is 13.5. The van der Waals surface area contributed by atoms with Crippen LogP contribution in [0.4, 0.5) is 20.4 Å². The van der Waals surface area contributed by atoms with Gasteiger partial charge < -0.3 is 5.32 Å². The maximum absolute atomic E-state index is 13.5. The van der Waals surface area contributed by atoms with Gasteiger partial charge in [0.2, 0.25) is 0 Å². The smallest absolute Gasteiger partial charge is 0.162 e. The van der Waals surface area contributed by atoms with E-state index in [0.29, 0.717) is 39.7 Å². The van der Waals surface area contributed by atoms with E-state index in [4.69, 9.17) is 0 Å². The lowest BCUT2D eigenvalue weighted by atomic mass is 10.1. The molecule has 0 radical (unpaired) electrons. The lowest BCUT2D eigenvalue weighted by Crippen LogP contribution is -2.01. The zero-order valence-electron chi connectivity index (χ0n) is 15.9. The Morgan fingerprint density at radius 3 is 2.33 bits per heavy atom. The monoisotopic (exact) mass is 401 g/mol. The SMILES string of the molecule is FCc1ccccc1-c1nc(Nc2n[nH]c3c(CF)cccc23)c2ccccc2n1. The maximum Gasteiger partial charge on any atom is 0.162 e. The van der Waals surface area contributed by atoms with Crippen molar-refractivity contribution in [2.45, 2.75) is 13.3 Å². The number of halogens is 2. The van der Waals surface area contributed by atoms with Crippen LogP contribution in [0.25, 0.3) is 33.2 Å². The summed E-state index contributed by atoms with van der Waals surface area (Å²) in [5, 5.41) is 12.0. The second kappa shape index (κ2) is 7.51. The van der Waals surface area contributed by atoms with E-state index in [0.717, 1.165) is 16.3 Å². The zero-order valence-corrected chi connectivity index (χ0v) is 15.9. The highest BCUT2D eigenvalue weighted by molar-refractivity contribution is 5.97. The minimum atomic E-state index is -0.606. The van der Waals surface area contributed by atoms with Crippen molar-refractivity contribution in [3.63, 3.8) is 0 Å². The van der Waals surface area contributed by atoms with Gasteiger partial charge in [-0.1, -0.05) is 48.5 Å². The van der Waals surface area contributed by atoms with Crippen LogP contribution in [0, 0.1) is 0 Å². The largest absolute Gasteiger partial charge is 0.322 e. The first kappa shape index (κ1) is 18.2. The number of hydrogen-bond acceptors (Lipinski definition) is 4. The number of H-pyrrole nitrogens is 1. The number of nitrogens with one attached hydrogen (secondary N) is 2. The predicted molar refractivity (Wildman–Crippen MR) is 114 cm³/mol. The quantitative estimate of drug-likeness (QED) is 0.387. The zero-order chi connectivity index (χ0) is 20.5. The molecule has 0 atom stereocenters. The summed E-state index contributed by atoms with van der Waals surface area (Å²) >= 11 is 0. The van der Waals surface area contributed by atoms with Crippen molar-refractivity contribution < 1.29 is 8.78 Å². The van der Waals surface area contributed by atoms with Crippen LogP contribution in [0.3, 0.4) is 0 Å². The summed E-state index contributed by atoms with van der Waals surface area (Å²) in [6.45, 7) is -1.19. The van der Waals surface area contributed by atoms with Gasteiger partial charge in [-0.2, -0.15) is 5.10 Å². The van der Waals surface area contributed by atoms with Crippen molar-refractivity contribution in [3.05, 3.63) is 77.9 Å². The first-order chi connectivity index (χ1) is 14.8. The molecule has 148 valence electrons. The van der Waals surface area contributed by atoms with Crippen LogP contribution in [0.15, 0.2) is 66.7 Å². The van der Waals surface area contributed by atoms with Crippen LogP contribution in [0.1, 0.15) is 11.1 Å². The van der Waals surface area contributed by atoms with Crippen LogP contribution in [-0.4, -0.2) is 20.2 Å². The highest BCUT2D eigenvalue weighted by Crippen LogP contribution is 2.31. The molecule has 3 aromatic carbocycles. The van der Waals surface area contributed by atoms with E-state index in [2.05, 4.69) is 25.5 Å². The molecule has 5 rings (SSSR count). The Hall–Kier alpha value is -3.87. The van der Waals surface area contributed by atoms with Crippen molar-refractivity contribution in [1.29, 1.82) is 0 Å². The lowest BCUT2D eigenvalue weighted by molar-refractivity contribution is 0.486. The van der Waals surface area contributed by atoms with Gasteiger partial charge in [-0.05, 0) is 23.8 Å². The number of alkyl halides is 2. The van der Waals surface area contributed by atoms with E-state index in [1.807, 2.05) is 36.4 Å². The van der Waals surface area contributed by atoms with Gasteiger partial charge in [-0.15, -0.1) is 0 Å². The normalized spacial score (nSPS) is 11.3. The van der Waals surface area contributed by atoms with E-state index in [9.17, 15) is 8.78 Å². The Morgan fingerprint density at radius 1 is 0.733 bits per heavy atom. The summed E-state index contributed by atoms with van der Waals surface area (Å²) in [7, 11) is 0. The van der Waals surface area contributed by atoms with E-state index in [1.54, 1.807) is 30.3 Å².